The molecular weight excluding hydrogens is 322 g/mol. The fourth-order valence-electron chi connectivity index (χ4n) is 3.69. The van der Waals surface area contributed by atoms with E-state index in [1.165, 1.54) is 29.2 Å². The number of thiazole rings is 1. The summed E-state index contributed by atoms with van der Waals surface area (Å²) in [5.41, 5.74) is 0.861. The summed E-state index contributed by atoms with van der Waals surface area (Å²) in [7, 11) is 0. The molecular formula is C17H23N5OS. The third-order valence-corrected chi connectivity index (χ3v) is 5.96. The predicted octanol–water partition coefficient (Wildman–Crippen LogP) is 2.21. The molecule has 6 nitrogen and oxygen atoms in total. The van der Waals surface area contributed by atoms with E-state index in [2.05, 4.69) is 24.8 Å². The van der Waals surface area contributed by atoms with E-state index in [1.54, 1.807) is 6.07 Å². The van der Waals surface area contributed by atoms with Crippen LogP contribution in [0.3, 0.4) is 0 Å². The average molecular weight is 345 g/mol. The molecule has 0 spiro atoms. The third-order valence-electron chi connectivity index (χ3n) is 4.92. The number of likely N-dealkylation sites (tertiary alicyclic amines) is 1. The van der Waals surface area contributed by atoms with Crippen LogP contribution in [0, 0.1) is 0 Å². The second kappa shape index (κ2) is 7.03. The summed E-state index contributed by atoms with van der Waals surface area (Å²) in [6.07, 6.45) is 8.37. The summed E-state index contributed by atoms with van der Waals surface area (Å²) >= 11 is 1.83. The summed E-state index contributed by atoms with van der Waals surface area (Å²) in [6, 6.07) is 1.65. The Hall–Kier alpha value is -1.73. The lowest BCUT2D eigenvalue weighted by atomic mass is 9.94. The first-order chi connectivity index (χ1) is 11.8. The highest BCUT2D eigenvalue weighted by molar-refractivity contribution is 7.15. The number of nitrogens with zero attached hydrogens (tertiary/aromatic N) is 4. The van der Waals surface area contributed by atoms with E-state index in [0.29, 0.717) is 5.92 Å². The normalized spacial score (nSPS) is 22.2. The van der Waals surface area contributed by atoms with Crippen LogP contribution in [-0.4, -0.2) is 46.0 Å². The largest absolute Gasteiger partial charge is 0.348 e. The first kappa shape index (κ1) is 15.8. The fraction of sp³-hybridized carbons (Fsp3) is 0.588. The van der Waals surface area contributed by atoms with Crippen molar-refractivity contribution in [1.29, 1.82) is 0 Å². The highest BCUT2D eigenvalue weighted by Gasteiger charge is 2.23. The van der Waals surface area contributed by atoms with Crippen molar-refractivity contribution in [2.75, 3.05) is 31.1 Å². The molecule has 2 aliphatic rings. The molecule has 0 aromatic carbocycles. The van der Waals surface area contributed by atoms with Gasteiger partial charge in [-0.3, -0.25) is 9.69 Å². The zero-order valence-corrected chi connectivity index (χ0v) is 14.6. The molecule has 2 aromatic rings. The maximum atomic E-state index is 11.5. The second-order valence-electron chi connectivity index (χ2n) is 6.71. The summed E-state index contributed by atoms with van der Waals surface area (Å²) in [4.78, 5) is 29.3. The van der Waals surface area contributed by atoms with Crippen molar-refractivity contribution in [2.45, 2.75) is 38.1 Å². The molecule has 0 aliphatic carbocycles. The van der Waals surface area contributed by atoms with Gasteiger partial charge in [0.05, 0.1) is 12.0 Å². The van der Waals surface area contributed by atoms with Gasteiger partial charge in [-0.2, -0.15) is 0 Å². The summed E-state index contributed by atoms with van der Waals surface area (Å²) in [5.74, 6) is 0.354. The van der Waals surface area contributed by atoms with E-state index in [0.717, 1.165) is 51.3 Å². The van der Waals surface area contributed by atoms with E-state index in [9.17, 15) is 4.79 Å². The molecule has 7 heteroatoms. The van der Waals surface area contributed by atoms with Gasteiger partial charge in [-0.1, -0.05) is 0 Å². The quantitative estimate of drug-likeness (QED) is 0.920. The van der Waals surface area contributed by atoms with Crippen molar-refractivity contribution in [3.63, 3.8) is 0 Å². The van der Waals surface area contributed by atoms with Gasteiger partial charge in [0.15, 0.2) is 5.13 Å². The molecule has 2 fully saturated rings. The van der Waals surface area contributed by atoms with E-state index < -0.39 is 0 Å². The van der Waals surface area contributed by atoms with Gasteiger partial charge >= 0.3 is 0 Å². The number of hydrogen-bond acceptors (Lipinski definition) is 6. The molecule has 0 saturated carbocycles. The SMILES string of the molecule is O=c1cc(C2CCCN(Cc3cnc(N4CCCC4)s3)C2)nc[nH]1. The molecule has 128 valence electrons. The number of hydrogen-bond donors (Lipinski definition) is 1. The molecule has 0 amide bonds. The maximum absolute atomic E-state index is 11.5. The van der Waals surface area contributed by atoms with Crippen LogP contribution < -0.4 is 10.5 Å². The lowest BCUT2D eigenvalue weighted by Crippen LogP contribution is -2.34. The Morgan fingerprint density at radius 2 is 2.08 bits per heavy atom. The lowest BCUT2D eigenvalue weighted by molar-refractivity contribution is 0.200. The van der Waals surface area contributed by atoms with Crippen LogP contribution in [0.5, 0.6) is 0 Å². The molecule has 24 heavy (non-hydrogen) atoms. The highest BCUT2D eigenvalue weighted by atomic mass is 32.1. The minimum atomic E-state index is -0.0603. The van der Waals surface area contributed by atoms with Gasteiger partial charge in [-0.15, -0.1) is 11.3 Å². The van der Waals surface area contributed by atoms with Crippen LogP contribution >= 0.6 is 11.3 Å². The van der Waals surface area contributed by atoms with Crippen LogP contribution in [0.15, 0.2) is 23.4 Å². The van der Waals surface area contributed by atoms with Gasteiger partial charge in [0, 0.05) is 49.2 Å². The number of piperidine rings is 1. The smallest absolute Gasteiger partial charge is 0.250 e. The minimum absolute atomic E-state index is 0.0603. The number of rotatable bonds is 4. The van der Waals surface area contributed by atoms with Gasteiger partial charge in [-0.05, 0) is 32.2 Å². The molecule has 4 heterocycles. The Labute approximate surface area is 145 Å². The van der Waals surface area contributed by atoms with Gasteiger partial charge in [0.1, 0.15) is 0 Å². The standard InChI is InChI=1S/C17H23N5OS/c23-16-8-15(19-12-20-16)13-4-3-5-21(10-13)11-14-9-18-17(24-14)22-6-1-2-7-22/h8-9,12-13H,1-7,10-11H2,(H,19,20,23). The molecule has 0 bridgehead atoms. The zero-order chi connectivity index (χ0) is 16.4. The Bertz CT molecular complexity index is 736. The van der Waals surface area contributed by atoms with Crippen molar-refractivity contribution in [2.24, 2.45) is 0 Å². The lowest BCUT2D eigenvalue weighted by Gasteiger charge is -2.31. The molecule has 2 saturated heterocycles. The van der Waals surface area contributed by atoms with Crippen molar-refractivity contribution in [3.05, 3.63) is 39.5 Å². The van der Waals surface area contributed by atoms with E-state index in [4.69, 9.17) is 0 Å². The molecule has 2 aromatic heterocycles. The highest BCUT2D eigenvalue weighted by Crippen LogP contribution is 2.29. The first-order valence-corrected chi connectivity index (χ1v) is 9.56. The van der Waals surface area contributed by atoms with Gasteiger partial charge in [-0.25, -0.2) is 9.97 Å². The third kappa shape index (κ3) is 3.52. The maximum Gasteiger partial charge on any atom is 0.250 e. The van der Waals surface area contributed by atoms with Crippen molar-refractivity contribution in [1.82, 2.24) is 19.9 Å². The van der Waals surface area contributed by atoms with E-state index in [-0.39, 0.29) is 5.56 Å². The molecule has 1 atom stereocenters. The van der Waals surface area contributed by atoms with E-state index >= 15 is 0 Å². The van der Waals surface area contributed by atoms with Gasteiger partial charge < -0.3 is 9.88 Å². The first-order valence-electron chi connectivity index (χ1n) is 8.74. The fourth-order valence-corrected chi connectivity index (χ4v) is 4.70. The molecule has 1 N–H and O–H groups in total. The second-order valence-corrected chi connectivity index (χ2v) is 7.81. The number of aromatic amines is 1. The Morgan fingerprint density at radius 3 is 2.92 bits per heavy atom. The summed E-state index contributed by atoms with van der Waals surface area (Å²) < 4.78 is 0. The summed E-state index contributed by atoms with van der Waals surface area (Å²) in [6.45, 7) is 5.31. The van der Waals surface area contributed by atoms with E-state index in [1.807, 2.05) is 17.5 Å². The Kier molecular flexibility index (Phi) is 4.62. The topological polar surface area (TPSA) is 65.1 Å². The van der Waals surface area contributed by atoms with Gasteiger partial charge in [0.2, 0.25) is 0 Å². The van der Waals surface area contributed by atoms with Crippen molar-refractivity contribution < 1.29 is 0 Å². The monoisotopic (exact) mass is 345 g/mol. The predicted molar refractivity (Wildman–Crippen MR) is 95.7 cm³/mol. The molecule has 0 radical (unpaired) electrons. The average Bonchev–Trinajstić information content (AvgIpc) is 3.26. The van der Waals surface area contributed by atoms with Crippen molar-refractivity contribution >= 4 is 16.5 Å². The number of aromatic nitrogens is 3. The van der Waals surface area contributed by atoms with Gasteiger partial charge in [0.25, 0.3) is 5.56 Å². The number of nitrogens with one attached hydrogen (secondary N) is 1. The van der Waals surface area contributed by atoms with Crippen LogP contribution in [0.4, 0.5) is 5.13 Å². The van der Waals surface area contributed by atoms with Crippen LogP contribution in [0.1, 0.15) is 42.2 Å². The zero-order valence-electron chi connectivity index (χ0n) is 13.8. The Morgan fingerprint density at radius 1 is 1.21 bits per heavy atom. The molecule has 1 unspecified atom stereocenters. The molecule has 2 aliphatic heterocycles. The number of anilines is 1. The van der Waals surface area contributed by atoms with Crippen LogP contribution in [-0.2, 0) is 6.54 Å². The summed E-state index contributed by atoms with van der Waals surface area (Å²) in [5, 5.41) is 1.17. The van der Waals surface area contributed by atoms with Crippen LogP contribution in [0.25, 0.3) is 0 Å². The molecule has 4 rings (SSSR count). The number of H-pyrrole nitrogens is 1. The van der Waals surface area contributed by atoms with Crippen LogP contribution in [0.2, 0.25) is 0 Å². The minimum Gasteiger partial charge on any atom is -0.348 e. The van der Waals surface area contributed by atoms with Crippen molar-refractivity contribution in [3.8, 4) is 0 Å². The Balaban J connectivity index is 1.40.